The number of rotatable bonds is 7. The summed E-state index contributed by atoms with van der Waals surface area (Å²) in [6.45, 7) is 1.20. The van der Waals surface area contributed by atoms with Gasteiger partial charge in [-0.2, -0.15) is 9.82 Å². The Morgan fingerprint density at radius 3 is 2.81 bits per heavy atom. The number of nitrogens with zero attached hydrogens (tertiary/aromatic N) is 2. The summed E-state index contributed by atoms with van der Waals surface area (Å²) in [5, 5.41) is 13.6. The van der Waals surface area contributed by atoms with Crippen LogP contribution in [0.1, 0.15) is 30.5 Å². The Morgan fingerprint density at radius 2 is 2.15 bits per heavy atom. The van der Waals surface area contributed by atoms with Crippen LogP contribution in [0.2, 0.25) is 0 Å². The van der Waals surface area contributed by atoms with Gasteiger partial charge in [0.05, 0.1) is 19.3 Å². The standard InChI is InChI=1S/C17H21N3O6S/c1-25-14-4-2-3-12(9-14)16(17(21)22)19-27(23,24)15-10-18-20(11-15)13-5-7-26-8-6-13/h2-4,9-11,13,16,19H,5-8H2,1H3,(H,21,22). The van der Waals surface area contributed by atoms with Gasteiger partial charge in [-0.25, -0.2) is 8.42 Å². The molecule has 1 saturated heterocycles. The lowest BCUT2D eigenvalue weighted by Crippen LogP contribution is -2.33. The van der Waals surface area contributed by atoms with Crippen molar-refractivity contribution in [3.63, 3.8) is 0 Å². The lowest BCUT2D eigenvalue weighted by molar-refractivity contribution is -0.139. The van der Waals surface area contributed by atoms with Crippen molar-refractivity contribution >= 4 is 16.0 Å². The normalized spacial score (nSPS) is 16.8. The first kappa shape index (κ1) is 19.3. The molecular weight excluding hydrogens is 374 g/mol. The summed E-state index contributed by atoms with van der Waals surface area (Å²) in [4.78, 5) is 11.6. The molecule has 146 valence electrons. The molecule has 3 rings (SSSR count). The first-order valence-electron chi connectivity index (χ1n) is 8.41. The van der Waals surface area contributed by atoms with Gasteiger partial charge in [0.25, 0.3) is 0 Å². The molecule has 27 heavy (non-hydrogen) atoms. The molecule has 0 spiro atoms. The number of hydrogen-bond donors (Lipinski definition) is 2. The van der Waals surface area contributed by atoms with Crippen molar-refractivity contribution < 1.29 is 27.8 Å². The number of carbonyl (C=O) groups is 1. The summed E-state index contributed by atoms with van der Waals surface area (Å²) < 4.78 is 39.6. The summed E-state index contributed by atoms with van der Waals surface area (Å²) in [5.41, 5.74) is 0.266. The topological polar surface area (TPSA) is 120 Å². The quantitative estimate of drug-likeness (QED) is 0.726. The van der Waals surface area contributed by atoms with E-state index in [-0.39, 0.29) is 16.5 Å². The van der Waals surface area contributed by atoms with Crippen molar-refractivity contribution in [2.75, 3.05) is 20.3 Å². The van der Waals surface area contributed by atoms with Crippen molar-refractivity contribution in [3.8, 4) is 5.75 Å². The van der Waals surface area contributed by atoms with Crippen LogP contribution in [-0.4, -0.2) is 49.6 Å². The Morgan fingerprint density at radius 1 is 1.41 bits per heavy atom. The molecule has 1 atom stereocenters. The highest BCUT2D eigenvalue weighted by molar-refractivity contribution is 7.89. The largest absolute Gasteiger partial charge is 0.497 e. The molecule has 0 bridgehead atoms. The number of nitrogens with one attached hydrogen (secondary N) is 1. The van der Waals surface area contributed by atoms with E-state index in [0.29, 0.717) is 19.0 Å². The van der Waals surface area contributed by atoms with E-state index in [1.165, 1.54) is 31.6 Å². The Balaban J connectivity index is 1.82. The molecule has 1 aromatic carbocycles. The maximum absolute atomic E-state index is 12.7. The van der Waals surface area contributed by atoms with E-state index in [9.17, 15) is 18.3 Å². The molecule has 2 aromatic rings. The van der Waals surface area contributed by atoms with Gasteiger partial charge in [-0.15, -0.1) is 0 Å². The molecule has 1 fully saturated rings. The number of hydrogen-bond acceptors (Lipinski definition) is 6. The summed E-state index contributed by atoms with van der Waals surface area (Å²) >= 11 is 0. The van der Waals surface area contributed by atoms with Gasteiger partial charge in [0.15, 0.2) is 0 Å². The second-order valence-corrected chi connectivity index (χ2v) is 7.88. The highest BCUT2D eigenvalue weighted by Crippen LogP contribution is 2.24. The van der Waals surface area contributed by atoms with E-state index < -0.39 is 22.0 Å². The van der Waals surface area contributed by atoms with Crippen LogP contribution in [0.15, 0.2) is 41.6 Å². The molecule has 9 nitrogen and oxygen atoms in total. The van der Waals surface area contributed by atoms with Gasteiger partial charge in [-0.3, -0.25) is 9.48 Å². The third kappa shape index (κ3) is 4.46. The highest BCUT2D eigenvalue weighted by atomic mass is 32.2. The smallest absolute Gasteiger partial charge is 0.326 e. The molecule has 10 heteroatoms. The van der Waals surface area contributed by atoms with Gasteiger partial charge in [-0.05, 0) is 30.5 Å². The van der Waals surface area contributed by atoms with Crippen LogP contribution in [0.3, 0.4) is 0 Å². The Kier molecular flexibility index (Phi) is 5.78. The summed E-state index contributed by atoms with van der Waals surface area (Å²) in [7, 11) is -2.63. The van der Waals surface area contributed by atoms with E-state index in [1.54, 1.807) is 16.8 Å². The van der Waals surface area contributed by atoms with Crippen LogP contribution in [0, 0.1) is 0 Å². The first-order chi connectivity index (χ1) is 12.9. The molecule has 0 aliphatic carbocycles. The van der Waals surface area contributed by atoms with Crippen LogP contribution < -0.4 is 9.46 Å². The summed E-state index contributed by atoms with van der Waals surface area (Å²) in [6, 6.07) is 4.87. The summed E-state index contributed by atoms with van der Waals surface area (Å²) in [6.07, 6.45) is 4.14. The molecule has 1 aromatic heterocycles. The molecular formula is C17H21N3O6S. The van der Waals surface area contributed by atoms with Gasteiger partial charge in [0, 0.05) is 19.4 Å². The highest BCUT2D eigenvalue weighted by Gasteiger charge is 2.29. The van der Waals surface area contributed by atoms with Crippen molar-refractivity contribution in [2.45, 2.75) is 29.8 Å². The first-order valence-corrected chi connectivity index (χ1v) is 9.90. The predicted molar refractivity (Wildman–Crippen MR) is 95.0 cm³/mol. The third-order valence-electron chi connectivity index (χ3n) is 4.40. The fourth-order valence-corrected chi connectivity index (χ4v) is 4.03. The fourth-order valence-electron chi connectivity index (χ4n) is 2.91. The van der Waals surface area contributed by atoms with Crippen LogP contribution in [0.4, 0.5) is 0 Å². The molecule has 1 aliphatic heterocycles. The maximum atomic E-state index is 12.7. The second kappa shape index (κ2) is 8.07. The second-order valence-electron chi connectivity index (χ2n) is 6.17. The maximum Gasteiger partial charge on any atom is 0.326 e. The van der Waals surface area contributed by atoms with E-state index in [4.69, 9.17) is 9.47 Å². The molecule has 1 unspecified atom stereocenters. The third-order valence-corrected chi connectivity index (χ3v) is 5.78. The van der Waals surface area contributed by atoms with Gasteiger partial charge in [0.1, 0.15) is 16.7 Å². The zero-order chi connectivity index (χ0) is 19.4. The van der Waals surface area contributed by atoms with Gasteiger partial charge < -0.3 is 14.6 Å². The molecule has 0 radical (unpaired) electrons. The van der Waals surface area contributed by atoms with Gasteiger partial charge in [0.2, 0.25) is 10.0 Å². The zero-order valence-corrected chi connectivity index (χ0v) is 15.6. The lowest BCUT2D eigenvalue weighted by Gasteiger charge is -2.22. The Labute approximate surface area is 157 Å². The number of methoxy groups -OCH3 is 1. The number of aliphatic carboxylic acids is 1. The zero-order valence-electron chi connectivity index (χ0n) is 14.7. The van der Waals surface area contributed by atoms with Crippen molar-refractivity contribution in [3.05, 3.63) is 42.2 Å². The minimum atomic E-state index is -4.08. The van der Waals surface area contributed by atoms with Crippen LogP contribution in [-0.2, 0) is 19.6 Å². The Bertz CT molecular complexity index is 905. The van der Waals surface area contributed by atoms with E-state index in [2.05, 4.69) is 9.82 Å². The molecule has 0 amide bonds. The lowest BCUT2D eigenvalue weighted by atomic mass is 10.1. The SMILES string of the molecule is COc1cccc(C(NS(=O)(=O)c2cnn(C3CCOCC3)c2)C(=O)O)c1. The fraction of sp³-hybridized carbons (Fsp3) is 0.412. The average molecular weight is 395 g/mol. The number of carboxylic acid groups (broad SMARTS) is 1. The monoisotopic (exact) mass is 395 g/mol. The number of ether oxygens (including phenoxy) is 2. The molecule has 2 heterocycles. The van der Waals surface area contributed by atoms with Crippen LogP contribution in [0.25, 0.3) is 0 Å². The van der Waals surface area contributed by atoms with Gasteiger partial charge >= 0.3 is 5.97 Å². The molecule has 0 saturated carbocycles. The number of aromatic nitrogens is 2. The minimum Gasteiger partial charge on any atom is -0.497 e. The van der Waals surface area contributed by atoms with Crippen molar-refractivity contribution in [1.29, 1.82) is 0 Å². The van der Waals surface area contributed by atoms with Crippen LogP contribution >= 0.6 is 0 Å². The average Bonchev–Trinajstić information content (AvgIpc) is 3.18. The van der Waals surface area contributed by atoms with E-state index in [0.717, 1.165) is 12.8 Å². The predicted octanol–water partition coefficient (Wildman–Crippen LogP) is 1.35. The number of carboxylic acids is 1. The molecule has 2 N–H and O–H groups in total. The number of benzene rings is 1. The van der Waals surface area contributed by atoms with E-state index >= 15 is 0 Å². The Hall–Kier alpha value is -2.43. The van der Waals surface area contributed by atoms with Crippen molar-refractivity contribution in [2.24, 2.45) is 0 Å². The van der Waals surface area contributed by atoms with Crippen LogP contribution in [0.5, 0.6) is 5.75 Å². The van der Waals surface area contributed by atoms with Crippen molar-refractivity contribution in [1.82, 2.24) is 14.5 Å². The molecule has 1 aliphatic rings. The number of sulfonamides is 1. The van der Waals surface area contributed by atoms with E-state index in [1.807, 2.05) is 0 Å². The minimum absolute atomic E-state index is 0.0661. The van der Waals surface area contributed by atoms with Gasteiger partial charge in [-0.1, -0.05) is 12.1 Å². The summed E-state index contributed by atoms with van der Waals surface area (Å²) in [5.74, 6) is -0.881.